The standard InChI is InChI=1S/C13H19N3O3S/c1-9-8-16(5-6-19-9)4-2-11(17)15-13-10(12(14)18)3-7-20-13/h3,7,9H,2,4-6,8H2,1H3,(H2,14,18)(H,15,17)/t9-/m1/s1. The molecule has 1 aromatic rings. The van der Waals surface area contributed by atoms with Crippen molar-refractivity contribution in [3.8, 4) is 0 Å². The molecule has 0 aromatic carbocycles. The molecule has 2 amide bonds. The maximum absolute atomic E-state index is 11.9. The molecule has 1 aliphatic heterocycles. The number of amides is 2. The summed E-state index contributed by atoms with van der Waals surface area (Å²) in [5.74, 6) is -0.627. The maximum Gasteiger partial charge on any atom is 0.251 e. The van der Waals surface area contributed by atoms with E-state index in [1.54, 1.807) is 11.4 Å². The van der Waals surface area contributed by atoms with E-state index in [0.717, 1.165) is 13.1 Å². The van der Waals surface area contributed by atoms with Crippen LogP contribution in [0.3, 0.4) is 0 Å². The molecular weight excluding hydrogens is 278 g/mol. The van der Waals surface area contributed by atoms with Gasteiger partial charge in [-0.25, -0.2) is 0 Å². The number of nitrogens with zero attached hydrogens (tertiary/aromatic N) is 1. The number of hydrogen-bond donors (Lipinski definition) is 2. The van der Waals surface area contributed by atoms with Crippen molar-refractivity contribution in [2.75, 3.05) is 31.6 Å². The molecule has 6 nitrogen and oxygen atoms in total. The minimum absolute atomic E-state index is 0.103. The molecular formula is C13H19N3O3S. The highest BCUT2D eigenvalue weighted by Crippen LogP contribution is 2.22. The first-order valence-corrected chi connectivity index (χ1v) is 7.45. The quantitative estimate of drug-likeness (QED) is 0.845. The molecule has 110 valence electrons. The van der Waals surface area contributed by atoms with Crippen LogP contribution in [0.5, 0.6) is 0 Å². The van der Waals surface area contributed by atoms with Crippen LogP contribution < -0.4 is 11.1 Å². The molecule has 1 aromatic heterocycles. The van der Waals surface area contributed by atoms with Crippen molar-refractivity contribution in [3.05, 3.63) is 17.0 Å². The van der Waals surface area contributed by atoms with Crippen LogP contribution in [0.1, 0.15) is 23.7 Å². The molecule has 1 aliphatic rings. The molecule has 2 rings (SSSR count). The number of anilines is 1. The smallest absolute Gasteiger partial charge is 0.251 e. The number of carbonyl (C=O) groups excluding carboxylic acids is 2. The Morgan fingerprint density at radius 1 is 1.60 bits per heavy atom. The molecule has 3 N–H and O–H groups in total. The summed E-state index contributed by atoms with van der Waals surface area (Å²) in [5, 5.41) is 5.00. The Hall–Kier alpha value is -1.44. The third-order valence-electron chi connectivity index (χ3n) is 3.16. The average molecular weight is 297 g/mol. The van der Waals surface area contributed by atoms with Crippen LogP contribution >= 0.6 is 11.3 Å². The Balaban J connectivity index is 1.80. The van der Waals surface area contributed by atoms with Gasteiger partial charge in [-0.1, -0.05) is 0 Å². The lowest BCUT2D eigenvalue weighted by Crippen LogP contribution is -2.42. The molecule has 0 saturated carbocycles. The summed E-state index contributed by atoms with van der Waals surface area (Å²) in [7, 11) is 0. The van der Waals surface area contributed by atoms with Crippen molar-refractivity contribution in [1.29, 1.82) is 0 Å². The number of ether oxygens (including phenoxy) is 1. The summed E-state index contributed by atoms with van der Waals surface area (Å²) in [6.45, 7) is 5.12. The van der Waals surface area contributed by atoms with Gasteiger partial charge in [0.2, 0.25) is 5.91 Å². The molecule has 1 atom stereocenters. The van der Waals surface area contributed by atoms with Crippen LogP contribution in [0.2, 0.25) is 0 Å². The van der Waals surface area contributed by atoms with Gasteiger partial charge >= 0.3 is 0 Å². The number of hydrogen-bond acceptors (Lipinski definition) is 5. The van der Waals surface area contributed by atoms with Gasteiger partial charge in [0.05, 0.1) is 18.3 Å². The molecule has 20 heavy (non-hydrogen) atoms. The van der Waals surface area contributed by atoms with Gasteiger partial charge in [0.25, 0.3) is 5.91 Å². The lowest BCUT2D eigenvalue weighted by molar-refractivity contribution is -0.117. The Morgan fingerprint density at radius 2 is 2.40 bits per heavy atom. The van der Waals surface area contributed by atoms with E-state index in [-0.39, 0.29) is 12.0 Å². The summed E-state index contributed by atoms with van der Waals surface area (Å²) < 4.78 is 5.45. The largest absolute Gasteiger partial charge is 0.376 e. The number of primary amides is 1. The number of nitrogens with one attached hydrogen (secondary N) is 1. The monoisotopic (exact) mass is 297 g/mol. The third-order valence-corrected chi connectivity index (χ3v) is 3.99. The number of carbonyl (C=O) groups is 2. The summed E-state index contributed by atoms with van der Waals surface area (Å²) in [5.41, 5.74) is 5.60. The van der Waals surface area contributed by atoms with E-state index in [2.05, 4.69) is 10.2 Å². The number of thiophene rings is 1. The Labute approximate surface area is 121 Å². The predicted octanol–water partition coefficient (Wildman–Crippen LogP) is 0.896. The van der Waals surface area contributed by atoms with Gasteiger partial charge in [0.1, 0.15) is 5.00 Å². The van der Waals surface area contributed by atoms with Gasteiger partial charge in [-0.3, -0.25) is 14.5 Å². The lowest BCUT2D eigenvalue weighted by atomic mass is 10.2. The molecule has 0 unspecified atom stereocenters. The van der Waals surface area contributed by atoms with Crippen molar-refractivity contribution < 1.29 is 14.3 Å². The summed E-state index contributed by atoms with van der Waals surface area (Å²) in [4.78, 5) is 25.3. The fourth-order valence-corrected chi connectivity index (χ4v) is 2.95. The summed E-state index contributed by atoms with van der Waals surface area (Å²) in [6.07, 6.45) is 0.605. The van der Waals surface area contributed by atoms with E-state index in [1.807, 2.05) is 6.92 Å². The summed E-state index contributed by atoms with van der Waals surface area (Å²) in [6, 6.07) is 1.62. The average Bonchev–Trinajstić information content (AvgIpc) is 2.85. The molecule has 0 bridgehead atoms. The van der Waals surface area contributed by atoms with Gasteiger partial charge < -0.3 is 15.8 Å². The van der Waals surface area contributed by atoms with Gasteiger partial charge in [-0.05, 0) is 18.4 Å². The second-order valence-corrected chi connectivity index (χ2v) is 5.72. The van der Waals surface area contributed by atoms with Crippen molar-refractivity contribution in [2.24, 2.45) is 5.73 Å². The molecule has 1 fully saturated rings. The molecule has 0 spiro atoms. The lowest BCUT2D eigenvalue weighted by Gasteiger charge is -2.30. The third kappa shape index (κ3) is 4.03. The summed E-state index contributed by atoms with van der Waals surface area (Å²) >= 11 is 1.30. The first-order chi connectivity index (χ1) is 9.56. The first kappa shape index (κ1) is 15.0. The van der Waals surface area contributed by atoms with E-state index in [9.17, 15) is 9.59 Å². The zero-order chi connectivity index (χ0) is 14.5. The van der Waals surface area contributed by atoms with Gasteiger partial charge in [0.15, 0.2) is 0 Å². The minimum Gasteiger partial charge on any atom is -0.376 e. The molecule has 0 radical (unpaired) electrons. The second-order valence-electron chi connectivity index (χ2n) is 4.81. The number of morpholine rings is 1. The van der Waals surface area contributed by atoms with Gasteiger partial charge in [-0.15, -0.1) is 11.3 Å². The SMILES string of the molecule is C[C@@H]1CN(CCC(=O)Nc2sccc2C(N)=O)CCO1. The fourth-order valence-electron chi connectivity index (χ4n) is 2.14. The van der Waals surface area contributed by atoms with Crippen LogP contribution in [0.15, 0.2) is 11.4 Å². The second kappa shape index (κ2) is 6.83. The molecule has 2 heterocycles. The Bertz CT molecular complexity index is 489. The highest BCUT2D eigenvalue weighted by molar-refractivity contribution is 7.14. The van der Waals surface area contributed by atoms with Crippen LogP contribution in [0.25, 0.3) is 0 Å². The van der Waals surface area contributed by atoms with Gasteiger partial charge in [0, 0.05) is 26.1 Å². The zero-order valence-electron chi connectivity index (χ0n) is 11.4. The molecule has 7 heteroatoms. The molecule has 1 saturated heterocycles. The van der Waals surface area contributed by atoms with Crippen molar-refractivity contribution >= 4 is 28.2 Å². The van der Waals surface area contributed by atoms with Gasteiger partial charge in [-0.2, -0.15) is 0 Å². The van der Waals surface area contributed by atoms with Crippen molar-refractivity contribution in [2.45, 2.75) is 19.4 Å². The van der Waals surface area contributed by atoms with Crippen LogP contribution in [-0.2, 0) is 9.53 Å². The van der Waals surface area contributed by atoms with Crippen molar-refractivity contribution in [3.63, 3.8) is 0 Å². The van der Waals surface area contributed by atoms with Crippen molar-refractivity contribution in [1.82, 2.24) is 4.90 Å². The topological polar surface area (TPSA) is 84.7 Å². The highest BCUT2D eigenvalue weighted by atomic mass is 32.1. The normalized spacial score (nSPS) is 19.8. The van der Waals surface area contributed by atoms with Crippen LogP contribution in [0, 0.1) is 0 Å². The predicted molar refractivity (Wildman–Crippen MR) is 77.9 cm³/mol. The molecule has 0 aliphatic carbocycles. The number of rotatable bonds is 5. The van der Waals surface area contributed by atoms with E-state index in [0.29, 0.717) is 30.1 Å². The van der Waals surface area contributed by atoms with Crippen LogP contribution in [0.4, 0.5) is 5.00 Å². The maximum atomic E-state index is 11.9. The first-order valence-electron chi connectivity index (χ1n) is 6.57. The van der Waals surface area contributed by atoms with E-state index in [4.69, 9.17) is 10.5 Å². The number of nitrogens with two attached hydrogens (primary N) is 1. The van der Waals surface area contributed by atoms with E-state index in [1.165, 1.54) is 11.3 Å². The Morgan fingerprint density at radius 3 is 3.10 bits per heavy atom. The van der Waals surface area contributed by atoms with E-state index >= 15 is 0 Å². The Kier molecular flexibility index (Phi) is 5.11. The fraction of sp³-hybridized carbons (Fsp3) is 0.538. The minimum atomic E-state index is -0.524. The highest BCUT2D eigenvalue weighted by Gasteiger charge is 2.18. The van der Waals surface area contributed by atoms with E-state index < -0.39 is 5.91 Å². The zero-order valence-corrected chi connectivity index (χ0v) is 12.2. The van der Waals surface area contributed by atoms with Crippen LogP contribution in [-0.4, -0.2) is 49.1 Å².